The number of carbonyl (C=O) groups excluding carboxylic acids is 5. The summed E-state index contributed by atoms with van der Waals surface area (Å²) in [4.78, 5) is 73.8. The van der Waals surface area contributed by atoms with E-state index in [1.54, 1.807) is 18.2 Å². The highest BCUT2D eigenvalue weighted by Crippen LogP contribution is 2.35. The van der Waals surface area contributed by atoms with Crippen molar-refractivity contribution in [1.29, 1.82) is 0 Å². The van der Waals surface area contributed by atoms with E-state index in [1.807, 2.05) is 0 Å². The highest BCUT2D eigenvalue weighted by Gasteiger charge is 2.39. The number of ether oxygens (including phenoxy) is 1. The molecular formula is C26H16N2O8. The minimum atomic E-state index is -1.18. The van der Waals surface area contributed by atoms with Crippen LogP contribution in [0.3, 0.4) is 0 Å². The van der Waals surface area contributed by atoms with E-state index in [2.05, 4.69) is 5.32 Å². The SMILES string of the molecule is O=C1CCc2cc(C(=O)COC(=O)c3ccc4c(c3[N+](=O)[O-])C(=O)c3ccccc3C4=O)ccc2N1. The molecule has 1 aliphatic carbocycles. The lowest BCUT2D eigenvalue weighted by Gasteiger charge is -2.18. The van der Waals surface area contributed by atoms with Gasteiger partial charge < -0.3 is 10.1 Å². The van der Waals surface area contributed by atoms with Gasteiger partial charge in [0.25, 0.3) is 5.69 Å². The van der Waals surface area contributed by atoms with Crippen LogP contribution in [-0.2, 0) is 16.0 Å². The normalized spacial score (nSPS) is 13.7. The molecule has 0 aromatic heterocycles. The lowest BCUT2D eigenvalue weighted by molar-refractivity contribution is -0.385. The summed E-state index contributed by atoms with van der Waals surface area (Å²) in [6, 6.07) is 12.8. The van der Waals surface area contributed by atoms with Crippen LogP contribution < -0.4 is 5.32 Å². The average Bonchev–Trinajstić information content (AvgIpc) is 2.88. The predicted octanol–water partition coefficient (Wildman–Crippen LogP) is 3.29. The van der Waals surface area contributed by atoms with Gasteiger partial charge in [-0.15, -0.1) is 0 Å². The van der Waals surface area contributed by atoms with Crippen molar-refractivity contribution in [3.05, 3.63) is 104 Å². The van der Waals surface area contributed by atoms with Crippen LogP contribution in [0.1, 0.15) is 64.5 Å². The van der Waals surface area contributed by atoms with Gasteiger partial charge in [0.2, 0.25) is 11.7 Å². The van der Waals surface area contributed by atoms with Gasteiger partial charge in [0.05, 0.1) is 4.92 Å². The van der Waals surface area contributed by atoms with Gasteiger partial charge in [-0.1, -0.05) is 24.3 Å². The number of hydrogen-bond acceptors (Lipinski definition) is 8. The van der Waals surface area contributed by atoms with Gasteiger partial charge in [-0.2, -0.15) is 0 Å². The molecule has 1 N–H and O–H groups in total. The molecule has 0 saturated heterocycles. The van der Waals surface area contributed by atoms with Crippen molar-refractivity contribution in [2.45, 2.75) is 12.8 Å². The van der Waals surface area contributed by atoms with Gasteiger partial charge in [-0.25, -0.2) is 4.79 Å². The van der Waals surface area contributed by atoms with Crippen molar-refractivity contribution in [2.24, 2.45) is 0 Å². The Morgan fingerprint density at radius 1 is 0.917 bits per heavy atom. The number of hydrogen-bond donors (Lipinski definition) is 1. The Morgan fingerprint density at radius 3 is 2.36 bits per heavy atom. The minimum Gasteiger partial charge on any atom is -0.454 e. The highest BCUT2D eigenvalue weighted by atomic mass is 16.6. The fraction of sp³-hybridized carbons (Fsp3) is 0.115. The minimum absolute atomic E-state index is 0.00222. The lowest BCUT2D eigenvalue weighted by atomic mass is 9.82. The number of amides is 1. The fourth-order valence-electron chi connectivity index (χ4n) is 4.37. The van der Waals surface area contributed by atoms with Crippen LogP contribution in [0.25, 0.3) is 0 Å². The number of esters is 1. The number of fused-ring (bicyclic) bond motifs is 3. The van der Waals surface area contributed by atoms with E-state index in [0.29, 0.717) is 12.1 Å². The first-order valence-electron chi connectivity index (χ1n) is 10.9. The maximum Gasteiger partial charge on any atom is 0.345 e. The molecule has 10 nitrogen and oxygen atoms in total. The van der Waals surface area contributed by atoms with Gasteiger partial charge in [0.15, 0.2) is 18.2 Å². The quantitative estimate of drug-likeness (QED) is 0.196. The summed E-state index contributed by atoms with van der Waals surface area (Å²) < 4.78 is 5.06. The summed E-state index contributed by atoms with van der Waals surface area (Å²) in [5.74, 6) is -3.17. The van der Waals surface area contributed by atoms with Crippen LogP contribution in [0.2, 0.25) is 0 Å². The summed E-state index contributed by atoms with van der Waals surface area (Å²) >= 11 is 0. The molecular weight excluding hydrogens is 468 g/mol. The number of aryl methyl sites for hydroxylation is 1. The first-order valence-corrected chi connectivity index (χ1v) is 10.9. The molecule has 1 heterocycles. The smallest absolute Gasteiger partial charge is 0.345 e. The summed E-state index contributed by atoms with van der Waals surface area (Å²) in [7, 11) is 0. The first kappa shape index (κ1) is 22.8. The molecule has 2 aliphatic rings. The van der Waals surface area contributed by atoms with E-state index in [9.17, 15) is 34.1 Å². The molecule has 178 valence electrons. The number of Topliss-reactive ketones (excluding diaryl/α,β-unsaturated/α-hetero) is 1. The van der Waals surface area contributed by atoms with Crippen LogP contribution in [0.15, 0.2) is 54.6 Å². The van der Waals surface area contributed by atoms with Gasteiger partial charge in [-0.3, -0.25) is 29.3 Å². The summed E-state index contributed by atoms with van der Waals surface area (Å²) in [5.41, 5.74) is -0.318. The van der Waals surface area contributed by atoms with Gasteiger partial charge in [0, 0.05) is 34.4 Å². The topological polar surface area (TPSA) is 150 Å². The molecule has 5 rings (SSSR count). The molecule has 0 saturated carbocycles. The van der Waals surface area contributed by atoms with E-state index in [-0.39, 0.29) is 34.6 Å². The van der Waals surface area contributed by atoms with Crippen molar-refractivity contribution in [3.8, 4) is 0 Å². The molecule has 36 heavy (non-hydrogen) atoms. The predicted molar refractivity (Wildman–Crippen MR) is 124 cm³/mol. The summed E-state index contributed by atoms with van der Waals surface area (Å²) in [5, 5.41) is 14.6. The van der Waals surface area contributed by atoms with Crippen LogP contribution in [0, 0.1) is 10.1 Å². The van der Waals surface area contributed by atoms with Crippen molar-refractivity contribution in [3.63, 3.8) is 0 Å². The maximum atomic E-state index is 13.1. The fourth-order valence-corrected chi connectivity index (χ4v) is 4.37. The number of rotatable bonds is 5. The van der Waals surface area contributed by atoms with E-state index in [0.717, 1.165) is 11.6 Å². The maximum absolute atomic E-state index is 13.1. The Hall–Kier alpha value is -4.99. The molecule has 0 atom stereocenters. The second kappa shape index (κ2) is 8.66. The first-order chi connectivity index (χ1) is 17.3. The number of carbonyl (C=O) groups is 5. The van der Waals surface area contributed by atoms with Crippen LogP contribution >= 0.6 is 0 Å². The zero-order valence-corrected chi connectivity index (χ0v) is 18.5. The van der Waals surface area contributed by atoms with Gasteiger partial charge in [-0.05, 0) is 42.3 Å². The summed E-state index contributed by atoms with van der Waals surface area (Å²) in [6.45, 7) is -0.700. The lowest BCUT2D eigenvalue weighted by Crippen LogP contribution is -2.24. The average molecular weight is 484 g/mol. The number of nitrogens with zero attached hydrogens (tertiary/aromatic N) is 1. The number of ketones is 3. The third-order valence-electron chi connectivity index (χ3n) is 6.13. The largest absolute Gasteiger partial charge is 0.454 e. The van der Waals surface area contributed by atoms with Crippen molar-refractivity contribution < 1.29 is 33.6 Å². The molecule has 0 bridgehead atoms. The van der Waals surface area contributed by atoms with Crippen molar-refractivity contribution in [1.82, 2.24) is 0 Å². The summed E-state index contributed by atoms with van der Waals surface area (Å²) in [6.07, 6.45) is 0.743. The molecule has 3 aromatic rings. The molecule has 1 amide bonds. The van der Waals surface area contributed by atoms with Crippen LogP contribution in [0.4, 0.5) is 11.4 Å². The second-order valence-electron chi connectivity index (χ2n) is 8.26. The second-order valence-corrected chi connectivity index (χ2v) is 8.26. The molecule has 0 fully saturated rings. The van der Waals surface area contributed by atoms with Crippen LogP contribution in [-0.4, -0.2) is 40.8 Å². The molecule has 0 radical (unpaired) electrons. The number of benzene rings is 3. The van der Waals surface area contributed by atoms with Crippen molar-refractivity contribution >= 4 is 40.6 Å². The van der Waals surface area contributed by atoms with Gasteiger partial charge >= 0.3 is 5.97 Å². The third kappa shape index (κ3) is 3.74. The zero-order valence-electron chi connectivity index (χ0n) is 18.5. The third-order valence-corrected chi connectivity index (χ3v) is 6.13. The van der Waals surface area contributed by atoms with Gasteiger partial charge in [0.1, 0.15) is 11.1 Å². The van der Waals surface area contributed by atoms with E-state index in [4.69, 9.17) is 4.74 Å². The Labute approximate surface area is 203 Å². The number of anilines is 1. The van der Waals surface area contributed by atoms with Crippen molar-refractivity contribution in [2.75, 3.05) is 11.9 Å². The van der Waals surface area contributed by atoms with E-state index < -0.39 is 51.7 Å². The Bertz CT molecular complexity index is 1540. The van der Waals surface area contributed by atoms with E-state index in [1.165, 1.54) is 30.3 Å². The number of nitrogens with one attached hydrogen (secondary N) is 1. The number of nitro benzene ring substituents is 1. The molecule has 1 aliphatic heterocycles. The monoisotopic (exact) mass is 484 g/mol. The standard InChI is InChI=1S/C26H16N2O8/c29-20(14-5-9-19-13(11-14)6-10-21(30)27-19)12-36-26(33)18-8-7-17-22(23(18)28(34)35)25(32)16-4-2-1-3-15(16)24(17)31/h1-5,7-9,11H,6,10,12H2,(H,27,30). The Morgan fingerprint density at radius 2 is 1.64 bits per heavy atom. The highest BCUT2D eigenvalue weighted by molar-refractivity contribution is 6.30. The number of nitro groups is 1. The van der Waals surface area contributed by atoms with Crippen LogP contribution in [0.5, 0.6) is 0 Å². The molecule has 3 aromatic carbocycles. The van der Waals surface area contributed by atoms with E-state index >= 15 is 0 Å². The Balaban J connectivity index is 1.41. The molecule has 0 spiro atoms. The molecule has 0 unspecified atom stereocenters. The zero-order chi connectivity index (χ0) is 25.6. The molecule has 10 heteroatoms. The Kier molecular flexibility index (Phi) is 5.48.